The average molecular weight is 282 g/mol. The van der Waals surface area contributed by atoms with Crippen LogP contribution in [0.25, 0.3) is 11.0 Å². The molecule has 5 heteroatoms. The fourth-order valence-electron chi connectivity index (χ4n) is 2.28. The molecule has 0 bridgehead atoms. The predicted molar refractivity (Wildman–Crippen MR) is 81.4 cm³/mol. The highest BCUT2D eigenvalue weighted by atomic mass is 16.6. The van der Waals surface area contributed by atoms with Crippen molar-refractivity contribution in [3.05, 3.63) is 70.0 Å². The molecule has 0 spiro atoms. The van der Waals surface area contributed by atoms with Crippen molar-refractivity contribution in [3.63, 3.8) is 0 Å². The molecule has 3 aromatic rings. The molecule has 0 radical (unpaired) electrons. The number of furan rings is 1. The molecule has 0 aliphatic heterocycles. The first-order chi connectivity index (χ1) is 10.1. The van der Waals surface area contributed by atoms with Gasteiger partial charge in [0.15, 0.2) is 0 Å². The van der Waals surface area contributed by atoms with E-state index in [1.54, 1.807) is 25.3 Å². The summed E-state index contributed by atoms with van der Waals surface area (Å²) in [6.45, 7) is 2.28. The van der Waals surface area contributed by atoms with Crippen molar-refractivity contribution in [1.82, 2.24) is 0 Å². The summed E-state index contributed by atoms with van der Waals surface area (Å²) in [5.41, 5.74) is 3.35. The van der Waals surface area contributed by atoms with Gasteiger partial charge < -0.3 is 9.73 Å². The molecule has 0 atom stereocenters. The van der Waals surface area contributed by atoms with Crippen LogP contribution in [-0.4, -0.2) is 4.92 Å². The van der Waals surface area contributed by atoms with Gasteiger partial charge >= 0.3 is 0 Å². The number of nitro groups is 1. The van der Waals surface area contributed by atoms with E-state index in [4.69, 9.17) is 4.42 Å². The summed E-state index contributed by atoms with van der Waals surface area (Å²) in [5.74, 6) is 0. The monoisotopic (exact) mass is 282 g/mol. The first-order valence-corrected chi connectivity index (χ1v) is 6.59. The predicted octanol–water partition coefficient (Wildman–Crippen LogP) is 4.26. The smallest absolute Gasteiger partial charge is 0.274 e. The number of para-hydroxylation sites is 1. The Bertz CT molecular complexity index is 808. The van der Waals surface area contributed by atoms with Crippen molar-refractivity contribution in [2.24, 2.45) is 0 Å². The number of nitro benzene ring substituents is 1. The first kappa shape index (κ1) is 13.2. The van der Waals surface area contributed by atoms with Crippen molar-refractivity contribution >= 4 is 22.3 Å². The Labute approximate surface area is 121 Å². The second-order valence-electron chi connectivity index (χ2n) is 4.87. The van der Waals surface area contributed by atoms with E-state index >= 15 is 0 Å². The average Bonchev–Trinajstić information content (AvgIpc) is 2.89. The van der Waals surface area contributed by atoms with Gasteiger partial charge in [-0.15, -0.1) is 0 Å². The van der Waals surface area contributed by atoms with Gasteiger partial charge in [0.25, 0.3) is 5.69 Å². The van der Waals surface area contributed by atoms with Gasteiger partial charge in [-0.3, -0.25) is 10.1 Å². The number of rotatable bonds is 4. The lowest BCUT2D eigenvalue weighted by Gasteiger charge is -2.06. The van der Waals surface area contributed by atoms with E-state index in [2.05, 4.69) is 5.32 Å². The maximum absolute atomic E-state index is 10.9. The molecule has 1 aromatic heterocycles. The van der Waals surface area contributed by atoms with Crippen LogP contribution in [0.15, 0.2) is 53.1 Å². The van der Waals surface area contributed by atoms with E-state index < -0.39 is 0 Å². The molecule has 2 aromatic carbocycles. The highest BCUT2D eigenvalue weighted by molar-refractivity contribution is 5.81. The number of nitrogens with zero attached hydrogens (tertiary/aromatic N) is 1. The summed E-state index contributed by atoms with van der Waals surface area (Å²) >= 11 is 0. The summed E-state index contributed by atoms with van der Waals surface area (Å²) in [6.07, 6.45) is 1.71. The number of benzene rings is 2. The second kappa shape index (κ2) is 5.28. The van der Waals surface area contributed by atoms with Crippen molar-refractivity contribution in [2.45, 2.75) is 13.5 Å². The number of nitrogens with one attached hydrogen (secondary N) is 1. The van der Waals surface area contributed by atoms with E-state index in [9.17, 15) is 10.1 Å². The van der Waals surface area contributed by atoms with Crippen molar-refractivity contribution in [1.29, 1.82) is 0 Å². The van der Waals surface area contributed by atoms with E-state index in [1.165, 1.54) is 0 Å². The minimum atomic E-state index is -0.367. The van der Waals surface area contributed by atoms with Crippen LogP contribution in [0, 0.1) is 17.0 Å². The number of hydrogen-bond acceptors (Lipinski definition) is 4. The lowest BCUT2D eigenvalue weighted by atomic mass is 10.1. The van der Waals surface area contributed by atoms with Crippen LogP contribution < -0.4 is 5.32 Å². The maximum Gasteiger partial charge on any atom is 0.274 e. The fourth-order valence-corrected chi connectivity index (χ4v) is 2.28. The van der Waals surface area contributed by atoms with E-state index in [1.807, 2.05) is 30.3 Å². The maximum atomic E-state index is 10.9. The molecular weight excluding hydrogens is 268 g/mol. The minimum absolute atomic E-state index is 0.122. The third-order valence-corrected chi connectivity index (χ3v) is 3.45. The zero-order chi connectivity index (χ0) is 14.8. The lowest BCUT2D eigenvalue weighted by Crippen LogP contribution is -2.00. The normalized spacial score (nSPS) is 10.7. The Kier molecular flexibility index (Phi) is 3.31. The van der Waals surface area contributed by atoms with Crippen LogP contribution in [0.2, 0.25) is 0 Å². The van der Waals surface area contributed by atoms with Gasteiger partial charge in [0, 0.05) is 34.8 Å². The molecular formula is C16H14N2O3. The van der Waals surface area contributed by atoms with Crippen LogP contribution in [-0.2, 0) is 6.54 Å². The van der Waals surface area contributed by atoms with Gasteiger partial charge in [0.05, 0.1) is 11.2 Å². The van der Waals surface area contributed by atoms with Gasteiger partial charge in [0.2, 0.25) is 0 Å². The Morgan fingerprint density at radius 1 is 1.24 bits per heavy atom. The van der Waals surface area contributed by atoms with E-state index in [-0.39, 0.29) is 10.6 Å². The highest BCUT2D eigenvalue weighted by Gasteiger charge is 2.11. The standard InChI is InChI=1S/C16H14N2O3/c1-11-6-7-13(8-15(11)18(19)20)17-9-12-10-21-16-5-3-2-4-14(12)16/h2-8,10,17H,9H2,1H3. The molecule has 0 aliphatic carbocycles. The van der Waals surface area contributed by atoms with Crippen molar-refractivity contribution in [3.8, 4) is 0 Å². The first-order valence-electron chi connectivity index (χ1n) is 6.59. The molecule has 1 heterocycles. The molecule has 3 rings (SSSR count). The van der Waals surface area contributed by atoms with Gasteiger partial charge in [-0.25, -0.2) is 0 Å². The Balaban J connectivity index is 1.82. The second-order valence-corrected chi connectivity index (χ2v) is 4.87. The lowest BCUT2D eigenvalue weighted by molar-refractivity contribution is -0.385. The van der Waals surface area contributed by atoms with Crippen LogP contribution >= 0.6 is 0 Å². The van der Waals surface area contributed by atoms with Crippen LogP contribution in [0.5, 0.6) is 0 Å². The summed E-state index contributed by atoms with van der Waals surface area (Å²) < 4.78 is 5.47. The summed E-state index contributed by atoms with van der Waals surface area (Å²) in [5, 5.41) is 15.2. The van der Waals surface area contributed by atoms with Crippen LogP contribution in [0.3, 0.4) is 0 Å². The Morgan fingerprint density at radius 3 is 2.86 bits per heavy atom. The Hall–Kier alpha value is -2.82. The zero-order valence-electron chi connectivity index (χ0n) is 11.5. The molecule has 0 fully saturated rings. The molecule has 1 N–H and O–H groups in total. The molecule has 0 saturated heterocycles. The number of hydrogen-bond donors (Lipinski definition) is 1. The fraction of sp³-hybridized carbons (Fsp3) is 0.125. The third-order valence-electron chi connectivity index (χ3n) is 3.45. The molecule has 0 aliphatic rings. The van der Waals surface area contributed by atoms with Gasteiger partial charge in [-0.1, -0.05) is 24.3 Å². The van der Waals surface area contributed by atoms with E-state index in [0.717, 1.165) is 22.2 Å². The molecule has 5 nitrogen and oxygen atoms in total. The summed E-state index contributed by atoms with van der Waals surface area (Å²) in [7, 11) is 0. The van der Waals surface area contributed by atoms with Crippen molar-refractivity contribution in [2.75, 3.05) is 5.32 Å². The highest BCUT2D eigenvalue weighted by Crippen LogP contribution is 2.25. The molecule has 0 amide bonds. The van der Waals surface area contributed by atoms with Crippen LogP contribution in [0.1, 0.15) is 11.1 Å². The van der Waals surface area contributed by atoms with Gasteiger partial charge in [-0.05, 0) is 19.1 Å². The Morgan fingerprint density at radius 2 is 2.05 bits per heavy atom. The van der Waals surface area contributed by atoms with Gasteiger partial charge in [0.1, 0.15) is 5.58 Å². The van der Waals surface area contributed by atoms with Gasteiger partial charge in [-0.2, -0.15) is 0 Å². The zero-order valence-corrected chi connectivity index (χ0v) is 11.5. The molecule has 0 unspecified atom stereocenters. The summed E-state index contributed by atoms with van der Waals surface area (Å²) in [4.78, 5) is 10.6. The molecule has 21 heavy (non-hydrogen) atoms. The third kappa shape index (κ3) is 2.58. The van der Waals surface area contributed by atoms with E-state index in [0.29, 0.717) is 12.1 Å². The minimum Gasteiger partial charge on any atom is -0.464 e. The molecule has 0 saturated carbocycles. The van der Waals surface area contributed by atoms with Crippen LogP contribution in [0.4, 0.5) is 11.4 Å². The largest absolute Gasteiger partial charge is 0.464 e. The number of anilines is 1. The summed E-state index contributed by atoms with van der Waals surface area (Å²) in [6, 6.07) is 12.9. The quantitative estimate of drug-likeness (QED) is 0.573. The number of aryl methyl sites for hydroxylation is 1. The topological polar surface area (TPSA) is 68.3 Å². The van der Waals surface area contributed by atoms with Crippen molar-refractivity contribution < 1.29 is 9.34 Å². The number of fused-ring (bicyclic) bond motifs is 1. The molecule has 106 valence electrons. The SMILES string of the molecule is Cc1ccc(NCc2coc3ccccc23)cc1[N+](=O)[O-].